The second-order valence-electron chi connectivity index (χ2n) is 4.41. The lowest BCUT2D eigenvalue weighted by Crippen LogP contribution is -2.07. The minimum Gasteiger partial charge on any atom is -0.477 e. The zero-order valence-electron chi connectivity index (χ0n) is 10.1. The lowest BCUT2D eigenvalue weighted by atomic mass is 9.96. The third kappa shape index (κ3) is 2.13. The maximum atomic E-state index is 13.6. The van der Waals surface area contributed by atoms with Crippen LogP contribution in [0.4, 0.5) is 17.6 Å². The number of fused-ring (bicyclic) bond motifs is 1. The van der Waals surface area contributed by atoms with Crippen molar-refractivity contribution in [1.82, 2.24) is 0 Å². The first-order valence-electron chi connectivity index (χ1n) is 5.85. The summed E-state index contributed by atoms with van der Waals surface area (Å²) in [4.78, 5) is 0. The summed E-state index contributed by atoms with van der Waals surface area (Å²) in [6.45, 7) is 2.54. The van der Waals surface area contributed by atoms with Gasteiger partial charge in [-0.2, -0.15) is 13.2 Å². The molecule has 0 bridgehead atoms. The average molecular weight is 280 g/mol. The fourth-order valence-corrected chi connectivity index (χ4v) is 2.25. The number of rotatable bonds is 1. The van der Waals surface area contributed by atoms with Crippen molar-refractivity contribution in [1.29, 1.82) is 0 Å². The van der Waals surface area contributed by atoms with Gasteiger partial charge < -0.3 is 4.74 Å². The maximum absolute atomic E-state index is 13.6. The van der Waals surface area contributed by atoms with E-state index in [9.17, 15) is 17.6 Å². The Morgan fingerprint density at radius 3 is 2.55 bits per heavy atom. The van der Waals surface area contributed by atoms with Gasteiger partial charge in [-0.05, 0) is 23.8 Å². The third-order valence-corrected chi connectivity index (χ3v) is 3.09. The van der Waals surface area contributed by atoms with Crippen molar-refractivity contribution in [3.05, 3.63) is 59.9 Å². The molecule has 2 aromatic rings. The first kappa shape index (κ1) is 13.0. The molecule has 0 N–H and O–H groups in total. The van der Waals surface area contributed by atoms with Crippen LogP contribution in [-0.2, 0) is 12.6 Å². The molecule has 0 amide bonds. The first-order chi connectivity index (χ1) is 9.47. The summed E-state index contributed by atoms with van der Waals surface area (Å²) in [5.41, 5.74) is -0.322. The Kier molecular flexibility index (Phi) is 2.92. The molecule has 0 spiro atoms. The van der Waals surface area contributed by atoms with Crippen molar-refractivity contribution >= 4 is 0 Å². The lowest BCUT2D eigenvalue weighted by Gasteiger charge is -2.15. The molecule has 1 aliphatic heterocycles. The van der Waals surface area contributed by atoms with Crippen LogP contribution in [0, 0.1) is 12.4 Å². The van der Waals surface area contributed by atoms with Gasteiger partial charge in [0.15, 0.2) is 0 Å². The zero-order valence-corrected chi connectivity index (χ0v) is 10.1. The van der Waals surface area contributed by atoms with E-state index in [4.69, 9.17) is 4.74 Å². The molecular weight excluding hydrogens is 272 g/mol. The molecule has 0 fully saturated rings. The number of alkyl halides is 3. The first-order valence-corrected chi connectivity index (χ1v) is 5.85. The molecule has 0 saturated heterocycles. The molecule has 1 heterocycles. The SMILES string of the molecule is Fc1cc2c(c(-c3ccccc3C(F)(F)F)c1)O[C]C2. The molecule has 20 heavy (non-hydrogen) atoms. The molecular formula is C15H8F4O. The largest absolute Gasteiger partial charge is 0.477 e. The van der Waals surface area contributed by atoms with Gasteiger partial charge in [0.05, 0.1) is 5.56 Å². The predicted octanol–water partition coefficient (Wildman–Crippen LogP) is 4.49. The van der Waals surface area contributed by atoms with E-state index in [1.54, 1.807) is 0 Å². The molecule has 0 unspecified atom stereocenters. The van der Waals surface area contributed by atoms with Crippen LogP contribution in [0.15, 0.2) is 36.4 Å². The van der Waals surface area contributed by atoms with Gasteiger partial charge in [-0.3, -0.25) is 0 Å². The topological polar surface area (TPSA) is 9.23 Å². The van der Waals surface area contributed by atoms with Gasteiger partial charge in [0.25, 0.3) is 0 Å². The minimum atomic E-state index is -4.51. The number of hydrogen-bond donors (Lipinski definition) is 0. The number of ether oxygens (including phenoxy) is 1. The molecule has 0 aliphatic carbocycles. The van der Waals surface area contributed by atoms with Crippen molar-refractivity contribution in [3.8, 4) is 16.9 Å². The molecule has 0 atom stereocenters. The normalized spacial score (nSPS) is 14.0. The number of hydrogen-bond acceptors (Lipinski definition) is 1. The highest BCUT2D eigenvalue weighted by Gasteiger charge is 2.34. The Morgan fingerprint density at radius 2 is 1.80 bits per heavy atom. The summed E-state index contributed by atoms with van der Waals surface area (Å²) in [6, 6.07) is 7.34. The molecule has 102 valence electrons. The van der Waals surface area contributed by atoms with Crippen LogP contribution in [0.3, 0.4) is 0 Å². The van der Waals surface area contributed by atoms with Crippen LogP contribution < -0.4 is 4.74 Å². The summed E-state index contributed by atoms with van der Waals surface area (Å²) in [5.74, 6) is -0.355. The lowest BCUT2D eigenvalue weighted by molar-refractivity contribution is -0.137. The van der Waals surface area contributed by atoms with E-state index in [1.807, 2.05) is 0 Å². The Hall–Kier alpha value is -2.04. The fourth-order valence-electron chi connectivity index (χ4n) is 2.25. The Balaban J connectivity index is 2.25. The molecule has 2 radical (unpaired) electrons. The molecule has 5 heteroatoms. The highest BCUT2D eigenvalue weighted by Crippen LogP contribution is 2.43. The Morgan fingerprint density at radius 1 is 1.05 bits per heavy atom. The van der Waals surface area contributed by atoms with Crippen molar-refractivity contribution in [2.45, 2.75) is 12.6 Å². The summed E-state index contributed by atoms with van der Waals surface area (Å²) < 4.78 is 57.8. The second-order valence-corrected chi connectivity index (χ2v) is 4.41. The van der Waals surface area contributed by atoms with Crippen LogP contribution in [0.5, 0.6) is 5.75 Å². The standard InChI is InChI=1S/C15H8F4O/c16-10-7-9-5-6-20-14(9)12(8-10)11-3-1-2-4-13(11)15(17,18)19/h1-4,7-8H,5H2. The molecule has 0 saturated carbocycles. The second kappa shape index (κ2) is 4.51. The number of halogens is 4. The maximum Gasteiger partial charge on any atom is 0.417 e. The van der Waals surface area contributed by atoms with Gasteiger partial charge in [0.1, 0.15) is 11.6 Å². The van der Waals surface area contributed by atoms with Crippen molar-refractivity contribution in [3.63, 3.8) is 0 Å². The van der Waals surface area contributed by atoms with Crippen molar-refractivity contribution in [2.75, 3.05) is 0 Å². The van der Waals surface area contributed by atoms with E-state index in [2.05, 4.69) is 6.61 Å². The molecule has 0 aromatic heterocycles. The summed E-state index contributed by atoms with van der Waals surface area (Å²) in [7, 11) is 0. The Bertz CT molecular complexity index is 661. The highest BCUT2D eigenvalue weighted by molar-refractivity contribution is 5.76. The van der Waals surface area contributed by atoms with Crippen LogP contribution in [-0.4, -0.2) is 0 Å². The summed E-state index contributed by atoms with van der Waals surface area (Å²) >= 11 is 0. The van der Waals surface area contributed by atoms with Crippen molar-refractivity contribution in [2.24, 2.45) is 0 Å². The molecule has 3 rings (SSSR count). The Labute approximate surface area is 112 Å². The van der Waals surface area contributed by atoms with E-state index in [0.717, 1.165) is 12.1 Å². The summed E-state index contributed by atoms with van der Waals surface area (Å²) in [6.07, 6.45) is -4.25. The van der Waals surface area contributed by atoms with Gasteiger partial charge in [0.2, 0.25) is 6.61 Å². The van der Waals surface area contributed by atoms with Crippen LogP contribution in [0.2, 0.25) is 0 Å². The van der Waals surface area contributed by atoms with Crippen LogP contribution >= 0.6 is 0 Å². The quantitative estimate of drug-likeness (QED) is 0.699. The fraction of sp³-hybridized carbons (Fsp3) is 0.133. The molecule has 2 aromatic carbocycles. The highest BCUT2D eigenvalue weighted by atomic mass is 19.4. The number of benzene rings is 2. The molecule has 1 aliphatic rings. The minimum absolute atomic E-state index is 0.0953. The smallest absolute Gasteiger partial charge is 0.417 e. The van der Waals surface area contributed by atoms with Gasteiger partial charge in [-0.25, -0.2) is 4.39 Å². The van der Waals surface area contributed by atoms with Crippen molar-refractivity contribution < 1.29 is 22.3 Å². The monoisotopic (exact) mass is 280 g/mol. The zero-order chi connectivity index (χ0) is 14.3. The third-order valence-electron chi connectivity index (χ3n) is 3.09. The molecule has 1 nitrogen and oxygen atoms in total. The summed E-state index contributed by atoms with van der Waals surface area (Å²) in [5, 5.41) is 0. The van der Waals surface area contributed by atoms with E-state index >= 15 is 0 Å². The van der Waals surface area contributed by atoms with Gasteiger partial charge in [-0.15, -0.1) is 0 Å². The van der Waals surface area contributed by atoms with Gasteiger partial charge in [-0.1, -0.05) is 18.2 Å². The van der Waals surface area contributed by atoms with E-state index in [0.29, 0.717) is 5.56 Å². The predicted molar refractivity (Wildman–Crippen MR) is 64.4 cm³/mol. The van der Waals surface area contributed by atoms with Crippen LogP contribution in [0.1, 0.15) is 11.1 Å². The van der Waals surface area contributed by atoms with Crippen LogP contribution in [0.25, 0.3) is 11.1 Å². The average Bonchev–Trinajstić information content (AvgIpc) is 2.84. The van der Waals surface area contributed by atoms with Gasteiger partial charge >= 0.3 is 6.18 Å². The van der Waals surface area contributed by atoms with Gasteiger partial charge in [0, 0.05) is 17.5 Å². The van der Waals surface area contributed by atoms with E-state index < -0.39 is 17.6 Å². The van der Waals surface area contributed by atoms with E-state index in [-0.39, 0.29) is 23.3 Å². The van der Waals surface area contributed by atoms with E-state index in [1.165, 1.54) is 24.3 Å².